The molecule has 0 radical (unpaired) electrons. The van der Waals surface area contributed by atoms with Crippen molar-refractivity contribution >= 4 is 13.3 Å². The van der Waals surface area contributed by atoms with Crippen molar-refractivity contribution in [2.75, 3.05) is 0 Å². The van der Waals surface area contributed by atoms with Crippen LogP contribution in [0.4, 0.5) is 0 Å². The molecule has 0 atom stereocenters. The molecule has 0 aliphatic rings. The zero-order valence-electron chi connectivity index (χ0n) is 9.51. The van der Waals surface area contributed by atoms with Gasteiger partial charge < -0.3 is 0 Å². The van der Waals surface area contributed by atoms with Gasteiger partial charge >= 0.3 is 16.5 Å². The van der Waals surface area contributed by atoms with Gasteiger partial charge in [0.15, 0.2) is 0 Å². The Morgan fingerprint density at radius 2 is 1.33 bits per heavy atom. The second-order valence-corrected chi connectivity index (χ2v) is 9.46. The van der Waals surface area contributed by atoms with Gasteiger partial charge in [-0.25, -0.2) is 24.3 Å². The van der Waals surface area contributed by atoms with E-state index >= 15 is 0 Å². The van der Waals surface area contributed by atoms with Crippen LogP contribution in [0.3, 0.4) is 0 Å². The Bertz CT molecular complexity index is 297. The van der Waals surface area contributed by atoms with Crippen molar-refractivity contribution in [3.05, 3.63) is 54.6 Å². The molecule has 0 heterocycles. The van der Waals surface area contributed by atoms with Crippen LogP contribution in [0.1, 0.15) is 0 Å². The molecule has 0 aliphatic heterocycles. The molecule has 84 valence electrons. The van der Waals surface area contributed by atoms with Crippen LogP contribution in [0.15, 0.2) is 54.6 Å². The van der Waals surface area contributed by atoms with Gasteiger partial charge in [0.25, 0.3) is 0 Å². The predicted octanol–water partition coefficient (Wildman–Crippen LogP) is 3.35. The zero-order valence-corrected chi connectivity index (χ0v) is 11.5. The van der Waals surface area contributed by atoms with Crippen molar-refractivity contribution < 1.29 is 16.5 Å². The SMILES string of the molecule is C[Si](C)(C)[c-]1cccc1.[Ni+2].c1cc[cH-]c1. The molecule has 0 fully saturated rings. The molecule has 0 saturated heterocycles. The van der Waals surface area contributed by atoms with Gasteiger partial charge in [0.05, 0.1) is 0 Å². The minimum absolute atomic E-state index is 0. The first-order chi connectivity index (χ1) is 6.61. The second kappa shape index (κ2) is 6.81. The van der Waals surface area contributed by atoms with Crippen LogP contribution < -0.4 is 5.19 Å². The Morgan fingerprint density at radius 1 is 0.867 bits per heavy atom. The zero-order chi connectivity index (χ0) is 10.4. The average molecular weight is 261 g/mol. The summed E-state index contributed by atoms with van der Waals surface area (Å²) < 4.78 is 0. The van der Waals surface area contributed by atoms with Gasteiger partial charge in [-0.1, -0.05) is 19.6 Å². The summed E-state index contributed by atoms with van der Waals surface area (Å²) in [4.78, 5) is 0. The first-order valence-corrected chi connectivity index (χ1v) is 8.49. The van der Waals surface area contributed by atoms with E-state index in [2.05, 4.69) is 43.9 Å². The first kappa shape index (κ1) is 14.4. The molecule has 15 heavy (non-hydrogen) atoms. The van der Waals surface area contributed by atoms with Crippen LogP contribution in [-0.4, -0.2) is 8.07 Å². The van der Waals surface area contributed by atoms with Crippen LogP contribution in [-0.2, 0) is 16.5 Å². The third-order valence-electron chi connectivity index (χ3n) is 2.08. The molecule has 2 aromatic rings. The van der Waals surface area contributed by atoms with E-state index in [-0.39, 0.29) is 16.5 Å². The Labute approximate surface area is 104 Å². The largest absolute Gasteiger partial charge is 2.00 e. The van der Waals surface area contributed by atoms with Gasteiger partial charge in [-0.3, -0.25) is 0 Å². The summed E-state index contributed by atoms with van der Waals surface area (Å²) in [6, 6.07) is 18.7. The fourth-order valence-corrected chi connectivity index (χ4v) is 2.39. The number of hydrogen-bond acceptors (Lipinski definition) is 0. The Kier molecular flexibility index (Phi) is 6.55. The number of hydrogen-bond donors (Lipinski definition) is 0. The number of rotatable bonds is 1. The van der Waals surface area contributed by atoms with E-state index in [4.69, 9.17) is 0 Å². The smallest absolute Gasteiger partial charge is 0.214 e. The molecule has 0 aliphatic carbocycles. The van der Waals surface area contributed by atoms with Gasteiger partial charge in [0.2, 0.25) is 0 Å². The molecule has 2 aromatic carbocycles. The minimum atomic E-state index is -0.981. The molecule has 0 saturated carbocycles. The second-order valence-electron chi connectivity index (χ2n) is 4.39. The molecule has 0 bridgehead atoms. The molecule has 0 aromatic heterocycles. The Balaban J connectivity index is 0.000000280. The van der Waals surface area contributed by atoms with Gasteiger partial charge in [0.1, 0.15) is 0 Å². The molecule has 0 spiro atoms. The maximum atomic E-state index is 2.36. The van der Waals surface area contributed by atoms with E-state index in [9.17, 15) is 0 Å². The van der Waals surface area contributed by atoms with Gasteiger partial charge in [-0.05, 0) is 0 Å². The van der Waals surface area contributed by atoms with E-state index in [1.807, 2.05) is 30.3 Å². The summed E-state index contributed by atoms with van der Waals surface area (Å²) in [5, 5.41) is 1.56. The van der Waals surface area contributed by atoms with Crippen molar-refractivity contribution in [2.45, 2.75) is 19.6 Å². The summed E-state index contributed by atoms with van der Waals surface area (Å²) in [5.41, 5.74) is 0. The van der Waals surface area contributed by atoms with Gasteiger partial charge in [-0.2, -0.15) is 35.5 Å². The van der Waals surface area contributed by atoms with E-state index in [0.717, 1.165) is 0 Å². The molecule has 2 rings (SSSR count). The fourth-order valence-electron chi connectivity index (χ4n) is 1.19. The van der Waals surface area contributed by atoms with Crippen molar-refractivity contribution in [2.24, 2.45) is 0 Å². The van der Waals surface area contributed by atoms with E-state index in [1.165, 1.54) is 0 Å². The van der Waals surface area contributed by atoms with Crippen LogP contribution in [0.25, 0.3) is 0 Å². The fraction of sp³-hybridized carbons (Fsp3) is 0.231. The van der Waals surface area contributed by atoms with Crippen LogP contribution >= 0.6 is 0 Å². The maximum absolute atomic E-state index is 2.36. The molecule has 2 heteroatoms. The monoisotopic (exact) mass is 260 g/mol. The maximum Gasteiger partial charge on any atom is 2.00 e. The van der Waals surface area contributed by atoms with Gasteiger partial charge in [0, 0.05) is 8.07 Å². The van der Waals surface area contributed by atoms with Crippen molar-refractivity contribution in [1.82, 2.24) is 0 Å². The summed E-state index contributed by atoms with van der Waals surface area (Å²) in [6.45, 7) is 7.09. The molecule has 0 amide bonds. The van der Waals surface area contributed by atoms with Crippen molar-refractivity contribution in [3.63, 3.8) is 0 Å². The Morgan fingerprint density at radius 3 is 1.53 bits per heavy atom. The van der Waals surface area contributed by atoms with Crippen molar-refractivity contribution in [1.29, 1.82) is 0 Å². The molecule has 0 N–H and O–H groups in total. The summed E-state index contributed by atoms with van der Waals surface area (Å²) in [6.07, 6.45) is 0. The van der Waals surface area contributed by atoms with E-state index in [1.54, 1.807) is 5.19 Å². The normalized spacial score (nSPS) is 9.80. The van der Waals surface area contributed by atoms with E-state index < -0.39 is 8.07 Å². The summed E-state index contributed by atoms with van der Waals surface area (Å²) in [7, 11) is -0.981. The summed E-state index contributed by atoms with van der Waals surface area (Å²) >= 11 is 0. The third-order valence-corrected chi connectivity index (χ3v) is 4.15. The minimum Gasteiger partial charge on any atom is -0.214 e. The van der Waals surface area contributed by atoms with Crippen LogP contribution in [0.2, 0.25) is 19.6 Å². The standard InChI is InChI=1S/C8H13Si.C5H5.Ni/c1-9(2,3)8-6-4-5-7-8;1-2-4-5-3-1;/h4-7H,1-3H3;1-5H;/q2*-1;+2. The molecule has 0 unspecified atom stereocenters. The topological polar surface area (TPSA) is 0 Å². The predicted molar refractivity (Wildman–Crippen MR) is 67.1 cm³/mol. The van der Waals surface area contributed by atoms with E-state index in [0.29, 0.717) is 0 Å². The van der Waals surface area contributed by atoms with Crippen LogP contribution in [0.5, 0.6) is 0 Å². The Hall–Kier alpha value is -0.590. The molecular weight excluding hydrogens is 243 g/mol. The summed E-state index contributed by atoms with van der Waals surface area (Å²) in [5.74, 6) is 0. The first-order valence-electron chi connectivity index (χ1n) is 4.99. The average Bonchev–Trinajstić information content (AvgIpc) is 2.80. The van der Waals surface area contributed by atoms with Crippen molar-refractivity contribution in [3.8, 4) is 0 Å². The quantitative estimate of drug-likeness (QED) is 0.545. The van der Waals surface area contributed by atoms with Crippen LogP contribution in [0, 0.1) is 0 Å². The molecule has 0 nitrogen and oxygen atoms in total. The third kappa shape index (κ3) is 5.76. The molecular formula is C13H18NiSi. The van der Waals surface area contributed by atoms with Gasteiger partial charge in [-0.15, -0.1) is 0 Å².